The summed E-state index contributed by atoms with van der Waals surface area (Å²) in [5.74, 6) is 0.107. The molecule has 0 aliphatic heterocycles. The predicted molar refractivity (Wildman–Crippen MR) is 88.3 cm³/mol. The van der Waals surface area contributed by atoms with Crippen LogP contribution in [0.25, 0.3) is 0 Å². The zero-order chi connectivity index (χ0) is 16.0. The fourth-order valence-electron chi connectivity index (χ4n) is 4.04. The third-order valence-corrected chi connectivity index (χ3v) is 5.74. The maximum absolute atomic E-state index is 12.7. The molecule has 2 saturated carbocycles. The fraction of sp³-hybridized carbons (Fsp3) is 0.889. The van der Waals surface area contributed by atoms with E-state index < -0.39 is 5.54 Å². The van der Waals surface area contributed by atoms with E-state index in [0.29, 0.717) is 12.6 Å². The van der Waals surface area contributed by atoms with E-state index in [1.165, 1.54) is 44.9 Å². The summed E-state index contributed by atoms with van der Waals surface area (Å²) in [6.45, 7) is 0.449. The Morgan fingerprint density at radius 2 is 1.59 bits per heavy atom. The molecule has 4 nitrogen and oxygen atoms in total. The minimum Gasteiger partial charge on any atom is -0.326 e. The number of nitrogens with zero attached hydrogens (tertiary/aromatic N) is 3. The molecule has 0 aromatic carbocycles. The maximum atomic E-state index is 12.7. The highest BCUT2D eigenvalue weighted by molar-refractivity contribution is 5.79. The topological polar surface area (TPSA) is 47.3 Å². The zero-order valence-electron chi connectivity index (χ0n) is 14.3. The van der Waals surface area contributed by atoms with Gasteiger partial charge in [0.05, 0.1) is 12.6 Å². The van der Waals surface area contributed by atoms with Crippen molar-refractivity contribution in [3.8, 4) is 6.07 Å². The van der Waals surface area contributed by atoms with Crippen molar-refractivity contribution in [3.05, 3.63) is 0 Å². The lowest BCUT2D eigenvalue weighted by Gasteiger charge is -2.40. The molecule has 0 bridgehead atoms. The van der Waals surface area contributed by atoms with Crippen LogP contribution in [-0.4, -0.2) is 47.9 Å². The van der Waals surface area contributed by atoms with E-state index in [1.54, 1.807) is 4.90 Å². The Labute approximate surface area is 135 Å². The van der Waals surface area contributed by atoms with Gasteiger partial charge < -0.3 is 4.90 Å². The van der Waals surface area contributed by atoms with Gasteiger partial charge in [-0.3, -0.25) is 9.69 Å². The Hall–Kier alpha value is -1.08. The molecule has 22 heavy (non-hydrogen) atoms. The van der Waals surface area contributed by atoms with Crippen molar-refractivity contribution in [1.29, 1.82) is 5.26 Å². The molecule has 0 radical (unpaired) electrons. The SMILES string of the molecule is CN(CC(=O)N(C)C1(C#N)CCCCC1)C1CCCCCC1. The van der Waals surface area contributed by atoms with Crippen LogP contribution in [0.4, 0.5) is 0 Å². The number of carbonyl (C=O) groups is 1. The Balaban J connectivity index is 1.93. The number of rotatable bonds is 4. The summed E-state index contributed by atoms with van der Waals surface area (Å²) in [6, 6.07) is 2.98. The van der Waals surface area contributed by atoms with Gasteiger partial charge in [-0.1, -0.05) is 44.9 Å². The second-order valence-electron chi connectivity index (χ2n) is 7.22. The van der Waals surface area contributed by atoms with E-state index in [2.05, 4.69) is 18.0 Å². The third-order valence-electron chi connectivity index (χ3n) is 5.74. The maximum Gasteiger partial charge on any atom is 0.237 e. The molecule has 0 heterocycles. The number of likely N-dealkylation sites (N-methyl/N-ethyl adjacent to an activating group) is 2. The van der Waals surface area contributed by atoms with Crippen LogP contribution >= 0.6 is 0 Å². The minimum absolute atomic E-state index is 0.107. The molecule has 0 aromatic heterocycles. The van der Waals surface area contributed by atoms with Crippen LogP contribution in [0.15, 0.2) is 0 Å². The number of nitriles is 1. The molecule has 0 unspecified atom stereocenters. The van der Waals surface area contributed by atoms with Crippen molar-refractivity contribution in [2.24, 2.45) is 0 Å². The molecule has 0 N–H and O–H groups in total. The van der Waals surface area contributed by atoms with Crippen LogP contribution in [-0.2, 0) is 4.79 Å². The normalized spacial score (nSPS) is 22.8. The van der Waals surface area contributed by atoms with Crippen molar-refractivity contribution in [3.63, 3.8) is 0 Å². The van der Waals surface area contributed by atoms with Gasteiger partial charge in [0.15, 0.2) is 0 Å². The van der Waals surface area contributed by atoms with E-state index in [1.807, 2.05) is 7.05 Å². The second kappa shape index (κ2) is 7.97. The number of hydrogen-bond donors (Lipinski definition) is 0. The van der Waals surface area contributed by atoms with Gasteiger partial charge in [-0.15, -0.1) is 0 Å². The van der Waals surface area contributed by atoms with E-state index in [9.17, 15) is 10.1 Å². The first-order valence-corrected chi connectivity index (χ1v) is 8.97. The average Bonchev–Trinajstić information content (AvgIpc) is 2.84. The summed E-state index contributed by atoms with van der Waals surface area (Å²) in [7, 11) is 3.90. The van der Waals surface area contributed by atoms with Crippen molar-refractivity contribution < 1.29 is 4.79 Å². The predicted octanol–water partition coefficient (Wildman–Crippen LogP) is 3.33. The van der Waals surface area contributed by atoms with Crippen molar-refractivity contribution in [1.82, 2.24) is 9.80 Å². The molecule has 2 aliphatic carbocycles. The highest BCUT2D eigenvalue weighted by Gasteiger charge is 2.39. The fourth-order valence-corrected chi connectivity index (χ4v) is 4.04. The van der Waals surface area contributed by atoms with Crippen LogP contribution in [0.2, 0.25) is 0 Å². The van der Waals surface area contributed by atoms with E-state index in [-0.39, 0.29) is 5.91 Å². The van der Waals surface area contributed by atoms with Gasteiger partial charge in [-0.25, -0.2) is 0 Å². The number of hydrogen-bond acceptors (Lipinski definition) is 3. The Morgan fingerprint density at radius 1 is 1.05 bits per heavy atom. The zero-order valence-corrected chi connectivity index (χ0v) is 14.3. The molecule has 0 spiro atoms. The average molecular weight is 305 g/mol. The lowest BCUT2D eigenvalue weighted by molar-refractivity contribution is -0.136. The van der Waals surface area contributed by atoms with Crippen molar-refractivity contribution in [2.45, 2.75) is 82.2 Å². The molecule has 0 aromatic rings. The highest BCUT2D eigenvalue weighted by Crippen LogP contribution is 2.32. The largest absolute Gasteiger partial charge is 0.326 e. The van der Waals surface area contributed by atoms with Gasteiger partial charge in [0.1, 0.15) is 5.54 Å². The highest BCUT2D eigenvalue weighted by atomic mass is 16.2. The Kier molecular flexibility index (Phi) is 6.26. The second-order valence-corrected chi connectivity index (χ2v) is 7.22. The molecule has 0 saturated heterocycles. The van der Waals surface area contributed by atoms with Crippen LogP contribution in [0.1, 0.15) is 70.6 Å². The van der Waals surface area contributed by atoms with Gasteiger partial charge in [0.2, 0.25) is 5.91 Å². The number of amides is 1. The van der Waals surface area contributed by atoms with Gasteiger partial charge >= 0.3 is 0 Å². The standard InChI is InChI=1S/C18H31N3O/c1-20(16-10-6-3-4-7-11-16)14-17(22)21(2)18(15-19)12-8-5-9-13-18/h16H,3-14H2,1-2H3. The molecule has 2 fully saturated rings. The molecular weight excluding hydrogens is 274 g/mol. The summed E-state index contributed by atoms with van der Waals surface area (Å²) in [5, 5.41) is 9.62. The Bertz CT molecular complexity index is 401. The molecule has 124 valence electrons. The molecule has 2 aliphatic rings. The summed E-state index contributed by atoms with van der Waals surface area (Å²) in [6.07, 6.45) is 12.6. The van der Waals surface area contributed by atoms with Gasteiger partial charge in [0.25, 0.3) is 0 Å². The lowest BCUT2D eigenvalue weighted by Crippen LogP contribution is -2.53. The molecule has 1 amide bonds. The van der Waals surface area contributed by atoms with Gasteiger partial charge in [0, 0.05) is 13.1 Å². The number of carbonyl (C=O) groups excluding carboxylic acids is 1. The first kappa shape index (κ1) is 17.3. The minimum atomic E-state index is -0.556. The van der Waals surface area contributed by atoms with Gasteiger partial charge in [-0.2, -0.15) is 5.26 Å². The van der Waals surface area contributed by atoms with Crippen molar-refractivity contribution >= 4 is 5.91 Å². The van der Waals surface area contributed by atoms with E-state index in [0.717, 1.165) is 25.7 Å². The van der Waals surface area contributed by atoms with Gasteiger partial charge in [-0.05, 0) is 32.7 Å². The lowest BCUT2D eigenvalue weighted by atomic mass is 9.81. The molecule has 2 rings (SSSR count). The van der Waals surface area contributed by atoms with Crippen LogP contribution in [0.3, 0.4) is 0 Å². The molecule has 4 heteroatoms. The van der Waals surface area contributed by atoms with E-state index in [4.69, 9.17) is 0 Å². The summed E-state index contributed by atoms with van der Waals surface area (Å²) in [4.78, 5) is 16.6. The monoisotopic (exact) mass is 305 g/mol. The van der Waals surface area contributed by atoms with E-state index >= 15 is 0 Å². The quantitative estimate of drug-likeness (QED) is 0.749. The molecule has 0 atom stereocenters. The molecular formula is C18H31N3O. The van der Waals surface area contributed by atoms with Crippen molar-refractivity contribution in [2.75, 3.05) is 20.6 Å². The van der Waals surface area contributed by atoms with Crippen LogP contribution in [0, 0.1) is 11.3 Å². The first-order chi connectivity index (χ1) is 10.6. The smallest absolute Gasteiger partial charge is 0.237 e. The summed E-state index contributed by atoms with van der Waals surface area (Å²) in [5.41, 5.74) is -0.556. The third kappa shape index (κ3) is 4.01. The first-order valence-electron chi connectivity index (χ1n) is 8.97. The summed E-state index contributed by atoms with van der Waals surface area (Å²) >= 11 is 0. The van der Waals surface area contributed by atoms with Crippen LogP contribution in [0.5, 0.6) is 0 Å². The Morgan fingerprint density at radius 3 is 2.14 bits per heavy atom. The van der Waals surface area contributed by atoms with Crippen LogP contribution < -0.4 is 0 Å². The summed E-state index contributed by atoms with van der Waals surface area (Å²) < 4.78 is 0.